The molecule has 2 aliphatic rings. The van der Waals surface area contributed by atoms with Crippen molar-refractivity contribution in [3.05, 3.63) is 0 Å². The van der Waals surface area contributed by atoms with Gasteiger partial charge in [0.15, 0.2) is 0 Å². The van der Waals surface area contributed by atoms with Gasteiger partial charge < -0.3 is 5.73 Å². The van der Waals surface area contributed by atoms with E-state index < -0.39 is 0 Å². The summed E-state index contributed by atoms with van der Waals surface area (Å²) in [6.45, 7) is 4.71. The quantitative estimate of drug-likeness (QED) is 0.795. The number of hydrogen-bond donors (Lipinski definition) is 1. The second-order valence-electron chi connectivity index (χ2n) is 6.06. The molecule has 0 aromatic heterocycles. The van der Waals surface area contributed by atoms with Crippen LogP contribution in [0.25, 0.3) is 0 Å². The van der Waals surface area contributed by atoms with E-state index in [1.807, 2.05) is 0 Å². The van der Waals surface area contributed by atoms with Gasteiger partial charge in [-0.1, -0.05) is 13.3 Å². The van der Waals surface area contributed by atoms with Crippen LogP contribution in [0.4, 0.5) is 0 Å². The SMILES string of the molecule is CCC1CCC(N)C(N(C)C(C)C2CC2)C1. The molecule has 4 unspecified atom stereocenters. The first kappa shape index (κ1) is 12.4. The summed E-state index contributed by atoms with van der Waals surface area (Å²) in [7, 11) is 2.30. The van der Waals surface area contributed by atoms with Crippen LogP contribution >= 0.6 is 0 Å². The Labute approximate surface area is 101 Å². The van der Waals surface area contributed by atoms with Crippen molar-refractivity contribution >= 4 is 0 Å². The minimum absolute atomic E-state index is 0.411. The van der Waals surface area contributed by atoms with Gasteiger partial charge in [-0.05, 0) is 57.9 Å². The molecule has 2 saturated carbocycles. The largest absolute Gasteiger partial charge is 0.326 e. The van der Waals surface area contributed by atoms with E-state index >= 15 is 0 Å². The summed E-state index contributed by atoms with van der Waals surface area (Å²) in [5.41, 5.74) is 6.31. The van der Waals surface area contributed by atoms with Crippen molar-refractivity contribution in [1.82, 2.24) is 4.90 Å². The lowest BCUT2D eigenvalue weighted by Gasteiger charge is -2.42. The maximum atomic E-state index is 6.31. The van der Waals surface area contributed by atoms with Crippen molar-refractivity contribution in [3.8, 4) is 0 Å². The Morgan fingerprint density at radius 3 is 2.50 bits per heavy atom. The van der Waals surface area contributed by atoms with Crippen LogP contribution in [0.2, 0.25) is 0 Å². The molecule has 94 valence electrons. The van der Waals surface area contributed by atoms with E-state index in [1.54, 1.807) is 0 Å². The molecule has 16 heavy (non-hydrogen) atoms. The number of hydrogen-bond acceptors (Lipinski definition) is 2. The zero-order chi connectivity index (χ0) is 11.7. The Balaban J connectivity index is 1.93. The van der Waals surface area contributed by atoms with Crippen LogP contribution in [0.15, 0.2) is 0 Å². The summed E-state index contributed by atoms with van der Waals surface area (Å²) in [6.07, 6.45) is 8.10. The van der Waals surface area contributed by atoms with E-state index in [0.717, 1.165) is 17.9 Å². The topological polar surface area (TPSA) is 29.3 Å². The first-order chi connectivity index (χ1) is 7.63. The maximum Gasteiger partial charge on any atom is 0.0249 e. The normalized spacial score (nSPS) is 37.7. The molecule has 0 bridgehead atoms. The smallest absolute Gasteiger partial charge is 0.0249 e. The van der Waals surface area contributed by atoms with Gasteiger partial charge in [0.2, 0.25) is 0 Å². The highest BCUT2D eigenvalue weighted by Crippen LogP contribution is 2.37. The molecule has 0 spiro atoms. The molecule has 4 atom stereocenters. The molecule has 0 heterocycles. The van der Waals surface area contributed by atoms with Crippen molar-refractivity contribution < 1.29 is 0 Å². The van der Waals surface area contributed by atoms with E-state index in [2.05, 4.69) is 25.8 Å². The molecule has 2 N–H and O–H groups in total. The average molecular weight is 224 g/mol. The van der Waals surface area contributed by atoms with Crippen molar-refractivity contribution in [2.45, 2.75) is 70.5 Å². The van der Waals surface area contributed by atoms with Gasteiger partial charge >= 0.3 is 0 Å². The van der Waals surface area contributed by atoms with Gasteiger partial charge in [-0.15, -0.1) is 0 Å². The minimum Gasteiger partial charge on any atom is -0.326 e. The number of rotatable bonds is 4. The molecule has 0 amide bonds. The summed E-state index contributed by atoms with van der Waals surface area (Å²) >= 11 is 0. The summed E-state index contributed by atoms with van der Waals surface area (Å²) < 4.78 is 0. The molecule has 0 saturated heterocycles. The van der Waals surface area contributed by atoms with E-state index in [1.165, 1.54) is 38.5 Å². The van der Waals surface area contributed by atoms with Gasteiger partial charge in [-0.25, -0.2) is 0 Å². The van der Waals surface area contributed by atoms with Crippen LogP contribution in [0.1, 0.15) is 52.4 Å². The first-order valence-electron chi connectivity index (χ1n) is 7.11. The lowest BCUT2D eigenvalue weighted by atomic mass is 9.80. The Kier molecular flexibility index (Phi) is 3.91. The highest BCUT2D eigenvalue weighted by molar-refractivity contribution is 4.93. The summed E-state index contributed by atoms with van der Waals surface area (Å²) in [5.74, 6) is 1.87. The number of nitrogens with zero attached hydrogens (tertiary/aromatic N) is 1. The summed E-state index contributed by atoms with van der Waals surface area (Å²) in [5, 5.41) is 0. The predicted octanol–water partition coefficient (Wildman–Crippen LogP) is 2.62. The van der Waals surface area contributed by atoms with Crippen LogP contribution in [-0.2, 0) is 0 Å². The second-order valence-corrected chi connectivity index (χ2v) is 6.06. The van der Waals surface area contributed by atoms with Crippen LogP contribution in [0, 0.1) is 11.8 Å². The van der Waals surface area contributed by atoms with Crippen LogP contribution in [0.3, 0.4) is 0 Å². The molecule has 2 heteroatoms. The molecule has 0 aromatic rings. The van der Waals surface area contributed by atoms with E-state index in [0.29, 0.717) is 12.1 Å². The highest BCUT2D eigenvalue weighted by Gasteiger charge is 2.37. The van der Waals surface area contributed by atoms with Crippen molar-refractivity contribution in [2.24, 2.45) is 17.6 Å². The highest BCUT2D eigenvalue weighted by atomic mass is 15.2. The van der Waals surface area contributed by atoms with Crippen LogP contribution < -0.4 is 5.73 Å². The first-order valence-corrected chi connectivity index (χ1v) is 7.11. The lowest BCUT2D eigenvalue weighted by molar-refractivity contribution is 0.0935. The minimum atomic E-state index is 0.411. The van der Waals surface area contributed by atoms with Crippen molar-refractivity contribution in [1.29, 1.82) is 0 Å². The molecule has 2 aliphatic carbocycles. The Hall–Kier alpha value is -0.0800. The predicted molar refractivity (Wildman–Crippen MR) is 69.3 cm³/mol. The van der Waals surface area contributed by atoms with E-state index in [4.69, 9.17) is 5.73 Å². The van der Waals surface area contributed by atoms with E-state index in [9.17, 15) is 0 Å². The maximum absolute atomic E-state index is 6.31. The molecular formula is C14H28N2. The van der Waals surface area contributed by atoms with Gasteiger partial charge in [-0.3, -0.25) is 4.90 Å². The van der Waals surface area contributed by atoms with Gasteiger partial charge in [0.25, 0.3) is 0 Å². The van der Waals surface area contributed by atoms with Gasteiger partial charge in [0.1, 0.15) is 0 Å². The molecule has 2 rings (SSSR count). The van der Waals surface area contributed by atoms with Crippen LogP contribution in [0.5, 0.6) is 0 Å². The molecule has 0 aliphatic heterocycles. The third kappa shape index (κ3) is 2.60. The lowest BCUT2D eigenvalue weighted by Crippen LogP contribution is -2.52. The molecular weight excluding hydrogens is 196 g/mol. The van der Waals surface area contributed by atoms with Gasteiger partial charge in [-0.2, -0.15) is 0 Å². The average Bonchev–Trinajstić information content (AvgIpc) is 3.12. The third-order valence-corrected chi connectivity index (χ3v) is 5.02. The monoisotopic (exact) mass is 224 g/mol. The van der Waals surface area contributed by atoms with Crippen LogP contribution in [-0.4, -0.2) is 30.1 Å². The summed E-state index contributed by atoms with van der Waals surface area (Å²) in [4.78, 5) is 2.59. The molecule has 2 fully saturated rings. The van der Waals surface area contributed by atoms with Crippen molar-refractivity contribution in [3.63, 3.8) is 0 Å². The zero-order valence-corrected chi connectivity index (χ0v) is 11.2. The van der Waals surface area contributed by atoms with Gasteiger partial charge in [0.05, 0.1) is 0 Å². The fourth-order valence-electron chi connectivity index (χ4n) is 3.31. The van der Waals surface area contributed by atoms with Gasteiger partial charge in [0, 0.05) is 18.1 Å². The third-order valence-electron chi connectivity index (χ3n) is 5.02. The standard InChI is InChI=1S/C14H28N2/c1-4-11-5-8-13(15)14(9-11)16(3)10(2)12-6-7-12/h10-14H,4-9,15H2,1-3H3. The molecule has 2 nitrogen and oxygen atoms in total. The second kappa shape index (κ2) is 5.05. The Bertz CT molecular complexity index is 225. The molecule has 0 aromatic carbocycles. The van der Waals surface area contributed by atoms with E-state index in [-0.39, 0.29) is 0 Å². The number of likely N-dealkylation sites (N-methyl/N-ethyl adjacent to an activating group) is 1. The zero-order valence-electron chi connectivity index (χ0n) is 11.2. The molecule has 0 radical (unpaired) electrons. The summed E-state index contributed by atoms with van der Waals surface area (Å²) in [6, 6.07) is 1.79. The van der Waals surface area contributed by atoms with Crippen molar-refractivity contribution in [2.75, 3.05) is 7.05 Å². The Morgan fingerprint density at radius 2 is 1.94 bits per heavy atom. The Morgan fingerprint density at radius 1 is 1.25 bits per heavy atom. The number of nitrogens with two attached hydrogens (primary N) is 1. The fourth-order valence-corrected chi connectivity index (χ4v) is 3.31. The fraction of sp³-hybridized carbons (Fsp3) is 1.00.